The molecule has 0 fully saturated rings. The highest BCUT2D eigenvalue weighted by Gasteiger charge is 2.06. The van der Waals surface area contributed by atoms with E-state index < -0.39 is 0 Å². The third-order valence-electron chi connectivity index (χ3n) is 2.22. The molecule has 1 heterocycles. The Labute approximate surface area is 98.7 Å². The lowest BCUT2D eigenvalue weighted by atomic mass is 10.2. The standard InChI is InChI=1S/C12H12ClNO2/c13-10-4-1-3-9(7-10)11-8-16-12(14-11)5-2-6-15/h1,3-4,7-8,15H,2,5-6H2. The molecule has 0 aliphatic carbocycles. The van der Waals surface area contributed by atoms with Crippen molar-refractivity contribution in [3.63, 3.8) is 0 Å². The van der Waals surface area contributed by atoms with Crippen molar-refractivity contribution in [1.29, 1.82) is 0 Å². The Kier molecular flexibility index (Phi) is 3.59. The lowest BCUT2D eigenvalue weighted by Crippen LogP contribution is -1.89. The van der Waals surface area contributed by atoms with Crippen LogP contribution in [0, 0.1) is 0 Å². The van der Waals surface area contributed by atoms with Crippen molar-refractivity contribution in [2.45, 2.75) is 12.8 Å². The zero-order valence-corrected chi connectivity index (χ0v) is 9.44. The van der Waals surface area contributed by atoms with Crippen LogP contribution < -0.4 is 0 Å². The Morgan fingerprint density at radius 1 is 1.38 bits per heavy atom. The van der Waals surface area contributed by atoms with E-state index in [9.17, 15) is 0 Å². The lowest BCUT2D eigenvalue weighted by Gasteiger charge is -1.95. The predicted molar refractivity (Wildman–Crippen MR) is 62.4 cm³/mol. The predicted octanol–water partition coefficient (Wildman–Crippen LogP) is 2.92. The van der Waals surface area contributed by atoms with Crippen LogP contribution >= 0.6 is 11.6 Å². The van der Waals surface area contributed by atoms with Gasteiger partial charge in [-0.2, -0.15) is 0 Å². The van der Waals surface area contributed by atoms with Crippen molar-refractivity contribution in [3.8, 4) is 11.3 Å². The van der Waals surface area contributed by atoms with Gasteiger partial charge in [0, 0.05) is 23.6 Å². The third kappa shape index (κ3) is 2.62. The minimum atomic E-state index is 0.148. The first-order valence-electron chi connectivity index (χ1n) is 5.11. The van der Waals surface area contributed by atoms with E-state index in [1.165, 1.54) is 0 Å². The van der Waals surface area contributed by atoms with Gasteiger partial charge in [0.15, 0.2) is 5.89 Å². The van der Waals surface area contributed by atoms with Gasteiger partial charge in [0.25, 0.3) is 0 Å². The summed E-state index contributed by atoms with van der Waals surface area (Å²) >= 11 is 5.89. The number of aromatic nitrogens is 1. The highest BCUT2D eigenvalue weighted by Crippen LogP contribution is 2.22. The van der Waals surface area contributed by atoms with Crippen LogP contribution in [0.1, 0.15) is 12.3 Å². The fourth-order valence-corrected chi connectivity index (χ4v) is 1.63. The van der Waals surface area contributed by atoms with Crippen molar-refractivity contribution in [2.24, 2.45) is 0 Å². The number of halogens is 1. The first-order chi connectivity index (χ1) is 7.79. The Morgan fingerprint density at radius 3 is 3.00 bits per heavy atom. The Bertz CT molecular complexity index is 468. The molecule has 16 heavy (non-hydrogen) atoms. The number of rotatable bonds is 4. The van der Waals surface area contributed by atoms with E-state index in [0.717, 1.165) is 11.3 Å². The second kappa shape index (κ2) is 5.14. The van der Waals surface area contributed by atoms with E-state index in [0.29, 0.717) is 23.8 Å². The quantitative estimate of drug-likeness (QED) is 0.889. The maximum atomic E-state index is 8.70. The van der Waals surface area contributed by atoms with Crippen molar-refractivity contribution in [1.82, 2.24) is 4.98 Å². The molecule has 2 rings (SSSR count). The van der Waals surface area contributed by atoms with E-state index in [4.69, 9.17) is 21.1 Å². The van der Waals surface area contributed by atoms with Crippen LogP contribution in [0.5, 0.6) is 0 Å². The topological polar surface area (TPSA) is 46.3 Å². The van der Waals surface area contributed by atoms with Crippen molar-refractivity contribution >= 4 is 11.6 Å². The maximum Gasteiger partial charge on any atom is 0.194 e. The summed E-state index contributed by atoms with van der Waals surface area (Å²) in [6.45, 7) is 0.148. The number of aliphatic hydroxyl groups excluding tert-OH is 1. The van der Waals surface area contributed by atoms with E-state index >= 15 is 0 Å². The Hall–Kier alpha value is -1.32. The van der Waals surface area contributed by atoms with E-state index in [2.05, 4.69) is 4.98 Å². The number of aryl methyl sites for hydroxylation is 1. The second-order valence-electron chi connectivity index (χ2n) is 3.46. The first kappa shape index (κ1) is 11.2. The smallest absolute Gasteiger partial charge is 0.194 e. The Morgan fingerprint density at radius 2 is 2.25 bits per heavy atom. The molecule has 1 N–H and O–H groups in total. The molecule has 0 aliphatic rings. The van der Waals surface area contributed by atoms with Gasteiger partial charge in [-0.25, -0.2) is 4.98 Å². The van der Waals surface area contributed by atoms with Crippen molar-refractivity contribution in [2.75, 3.05) is 6.61 Å². The second-order valence-corrected chi connectivity index (χ2v) is 3.90. The SMILES string of the molecule is OCCCc1nc(-c2cccc(Cl)c2)co1. The third-order valence-corrected chi connectivity index (χ3v) is 2.46. The molecule has 1 aromatic heterocycles. The van der Waals surface area contributed by atoms with Gasteiger partial charge in [0.05, 0.1) is 0 Å². The van der Waals surface area contributed by atoms with Gasteiger partial charge in [0.1, 0.15) is 12.0 Å². The number of hydrogen-bond donors (Lipinski definition) is 1. The van der Waals surface area contributed by atoms with Gasteiger partial charge in [0.2, 0.25) is 0 Å². The zero-order valence-electron chi connectivity index (χ0n) is 8.69. The number of hydrogen-bond acceptors (Lipinski definition) is 3. The van der Waals surface area contributed by atoms with Crippen LogP contribution in [0.2, 0.25) is 5.02 Å². The fourth-order valence-electron chi connectivity index (χ4n) is 1.44. The molecular formula is C12H12ClNO2. The summed E-state index contributed by atoms with van der Waals surface area (Å²) < 4.78 is 5.30. The molecule has 1 aromatic carbocycles. The number of oxazole rings is 1. The molecule has 0 radical (unpaired) electrons. The highest BCUT2D eigenvalue weighted by atomic mass is 35.5. The average Bonchev–Trinajstić information content (AvgIpc) is 2.75. The van der Waals surface area contributed by atoms with Crippen LogP contribution in [-0.2, 0) is 6.42 Å². The van der Waals surface area contributed by atoms with Crippen LogP contribution in [0.15, 0.2) is 34.9 Å². The van der Waals surface area contributed by atoms with Gasteiger partial charge in [-0.15, -0.1) is 0 Å². The minimum Gasteiger partial charge on any atom is -0.448 e. The normalized spacial score (nSPS) is 10.6. The van der Waals surface area contributed by atoms with Gasteiger partial charge in [-0.3, -0.25) is 0 Å². The van der Waals surface area contributed by atoms with Crippen LogP contribution in [0.3, 0.4) is 0 Å². The number of benzene rings is 1. The highest BCUT2D eigenvalue weighted by molar-refractivity contribution is 6.30. The molecule has 0 aliphatic heterocycles. The van der Waals surface area contributed by atoms with Crippen molar-refractivity contribution in [3.05, 3.63) is 41.4 Å². The van der Waals surface area contributed by atoms with Gasteiger partial charge < -0.3 is 9.52 Å². The van der Waals surface area contributed by atoms with Crippen LogP contribution in [-0.4, -0.2) is 16.7 Å². The summed E-state index contributed by atoms with van der Waals surface area (Å²) in [5, 5.41) is 9.38. The monoisotopic (exact) mass is 237 g/mol. The molecule has 0 amide bonds. The molecule has 0 spiro atoms. The van der Waals surface area contributed by atoms with Gasteiger partial charge in [-0.05, 0) is 18.6 Å². The molecule has 0 atom stereocenters. The largest absolute Gasteiger partial charge is 0.448 e. The maximum absolute atomic E-state index is 8.70. The summed E-state index contributed by atoms with van der Waals surface area (Å²) in [6.07, 6.45) is 2.92. The molecule has 0 unspecified atom stereocenters. The van der Waals surface area contributed by atoms with Gasteiger partial charge in [-0.1, -0.05) is 23.7 Å². The van der Waals surface area contributed by atoms with Crippen LogP contribution in [0.4, 0.5) is 0 Å². The number of aliphatic hydroxyl groups is 1. The van der Waals surface area contributed by atoms with E-state index in [-0.39, 0.29) is 6.61 Å². The van der Waals surface area contributed by atoms with E-state index in [1.54, 1.807) is 6.26 Å². The number of nitrogens with zero attached hydrogens (tertiary/aromatic N) is 1. The molecule has 0 bridgehead atoms. The molecule has 84 valence electrons. The average molecular weight is 238 g/mol. The molecule has 4 heteroatoms. The fraction of sp³-hybridized carbons (Fsp3) is 0.250. The molecule has 0 saturated carbocycles. The molecule has 0 saturated heterocycles. The first-order valence-corrected chi connectivity index (χ1v) is 5.48. The summed E-state index contributed by atoms with van der Waals surface area (Å²) in [5.41, 5.74) is 1.71. The van der Waals surface area contributed by atoms with Crippen LogP contribution in [0.25, 0.3) is 11.3 Å². The molecule has 2 aromatic rings. The summed E-state index contributed by atoms with van der Waals surface area (Å²) in [7, 11) is 0. The minimum absolute atomic E-state index is 0.148. The van der Waals surface area contributed by atoms with Crippen molar-refractivity contribution < 1.29 is 9.52 Å². The molecule has 3 nitrogen and oxygen atoms in total. The lowest BCUT2D eigenvalue weighted by molar-refractivity contribution is 0.283. The van der Waals surface area contributed by atoms with E-state index in [1.807, 2.05) is 24.3 Å². The summed E-state index contributed by atoms with van der Waals surface area (Å²) in [6, 6.07) is 7.46. The Balaban J connectivity index is 2.18. The summed E-state index contributed by atoms with van der Waals surface area (Å²) in [4.78, 5) is 4.32. The summed E-state index contributed by atoms with van der Waals surface area (Å²) in [5.74, 6) is 0.643. The van der Waals surface area contributed by atoms with Gasteiger partial charge >= 0.3 is 0 Å². The molecular weight excluding hydrogens is 226 g/mol. The zero-order chi connectivity index (χ0) is 11.4.